The highest BCUT2D eigenvalue weighted by atomic mass is 19.4. The molecule has 0 saturated carbocycles. The maximum atomic E-state index is 12.5. The van der Waals surface area contributed by atoms with E-state index in [9.17, 15) is 13.2 Å². The standard InChI is InChI=1S/C14H16F3N3O/c1-9(18-2)7-12-19-13(21-20-12)8-10-3-5-11(6-4-10)14(15,16)17/h3-6,9,18H,7-8H2,1-2H3. The lowest BCUT2D eigenvalue weighted by atomic mass is 10.1. The zero-order chi connectivity index (χ0) is 15.5. The van der Waals surface area contributed by atoms with Gasteiger partial charge >= 0.3 is 6.18 Å². The first kappa shape index (κ1) is 15.5. The van der Waals surface area contributed by atoms with E-state index in [-0.39, 0.29) is 6.04 Å². The van der Waals surface area contributed by atoms with Gasteiger partial charge in [0.2, 0.25) is 5.89 Å². The number of hydrogen-bond acceptors (Lipinski definition) is 4. The number of alkyl halides is 3. The van der Waals surface area contributed by atoms with Gasteiger partial charge in [0, 0.05) is 12.5 Å². The van der Waals surface area contributed by atoms with Crippen LogP contribution in [0, 0.1) is 0 Å². The molecule has 0 radical (unpaired) electrons. The van der Waals surface area contributed by atoms with Crippen LogP contribution >= 0.6 is 0 Å². The van der Waals surface area contributed by atoms with E-state index in [1.54, 1.807) is 0 Å². The lowest BCUT2D eigenvalue weighted by Crippen LogP contribution is -2.24. The summed E-state index contributed by atoms with van der Waals surface area (Å²) in [6, 6.07) is 5.17. The molecule has 4 nitrogen and oxygen atoms in total. The Kier molecular flexibility index (Phi) is 4.62. The minimum absolute atomic E-state index is 0.224. The summed E-state index contributed by atoms with van der Waals surface area (Å²) >= 11 is 0. The van der Waals surface area contributed by atoms with Crippen LogP contribution in [-0.2, 0) is 19.0 Å². The van der Waals surface area contributed by atoms with Gasteiger partial charge in [0.15, 0.2) is 5.82 Å². The maximum Gasteiger partial charge on any atom is 0.416 e. The lowest BCUT2D eigenvalue weighted by molar-refractivity contribution is -0.137. The van der Waals surface area contributed by atoms with E-state index < -0.39 is 11.7 Å². The number of halogens is 3. The summed E-state index contributed by atoms with van der Waals surface area (Å²) in [6.07, 6.45) is -3.37. The molecule has 0 bridgehead atoms. The lowest BCUT2D eigenvalue weighted by Gasteiger charge is -2.06. The number of nitrogens with one attached hydrogen (secondary N) is 1. The second kappa shape index (κ2) is 6.26. The number of rotatable bonds is 5. The maximum absolute atomic E-state index is 12.5. The third-order valence-electron chi connectivity index (χ3n) is 3.13. The molecule has 21 heavy (non-hydrogen) atoms. The topological polar surface area (TPSA) is 51.0 Å². The van der Waals surface area contributed by atoms with Crippen molar-refractivity contribution in [1.29, 1.82) is 0 Å². The Morgan fingerprint density at radius 2 is 1.90 bits per heavy atom. The second-order valence-corrected chi connectivity index (χ2v) is 4.87. The van der Waals surface area contributed by atoms with Gasteiger partial charge in [0.25, 0.3) is 0 Å². The zero-order valence-electron chi connectivity index (χ0n) is 11.7. The van der Waals surface area contributed by atoms with Gasteiger partial charge in [0.05, 0.1) is 12.0 Å². The number of benzene rings is 1. The average molecular weight is 299 g/mol. The van der Waals surface area contributed by atoms with Crippen molar-refractivity contribution in [3.8, 4) is 0 Å². The molecule has 7 heteroatoms. The van der Waals surface area contributed by atoms with Crippen LogP contribution in [0.4, 0.5) is 13.2 Å². The van der Waals surface area contributed by atoms with Crippen LogP contribution in [0.15, 0.2) is 28.8 Å². The minimum atomic E-state index is -4.32. The van der Waals surface area contributed by atoms with Crippen LogP contribution in [0.5, 0.6) is 0 Å². The highest BCUT2D eigenvalue weighted by Crippen LogP contribution is 2.29. The van der Waals surface area contributed by atoms with Crippen molar-refractivity contribution in [2.24, 2.45) is 0 Å². The van der Waals surface area contributed by atoms with Crippen molar-refractivity contribution < 1.29 is 17.7 Å². The molecule has 114 valence electrons. The van der Waals surface area contributed by atoms with Crippen molar-refractivity contribution in [1.82, 2.24) is 15.5 Å². The molecule has 0 fully saturated rings. The molecule has 0 aliphatic heterocycles. The van der Waals surface area contributed by atoms with Gasteiger partial charge in [-0.3, -0.25) is 0 Å². The van der Waals surface area contributed by atoms with E-state index in [1.807, 2.05) is 14.0 Å². The highest BCUT2D eigenvalue weighted by Gasteiger charge is 2.29. The third kappa shape index (κ3) is 4.29. The molecule has 1 unspecified atom stereocenters. The largest absolute Gasteiger partial charge is 0.416 e. The molecule has 0 aliphatic carbocycles. The Morgan fingerprint density at radius 3 is 2.48 bits per heavy atom. The summed E-state index contributed by atoms with van der Waals surface area (Å²) in [5.74, 6) is 0.979. The average Bonchev–Trinajstić information content (AvgIpc) is 2.85. The molecule has 1 aromatic carbocycles. The van der Waals surface area contributed by atoms with Gasteiger partial charge in [-0.1, -0.05) is 17.3 Å². The molecule has 1 N–H and O–H groups in total. The first-order chi connectivity index (χ1) is 9.88. The third-order valence-corrected chi connectivity index (χ3v) is 3.13. The Hall–Kier alpha value is -1.89. The monoisotopic (exact) mass is 299 g/mol. The molecule has 0 aliphatic rings. The van der Waals surface area contributed by atoms with E-state index >= 15 is 0 Å². The molecule has 0 saturated heterocycles. The summed E-state index contributed by atoms with van der Waals surface area (Å²) in [5.41, 5.74) is 0.0279. The van der Waals surface area contributed by atoms with Gasteiger partial charge in [0.1, 0.15) is 0 Å². The SMILES string of the molecule is CNC(C)Cc1noc(Cc2ccc(C(F)(F)F)cc2)n1. The molecule has 1 aromatic heterocycles. The predicted octanol–water partition coefficient (Wildman–Crippen LogP) is 2.83. The summed E-state index contributed by atoms with van der Waals surface area (Å²) < 4.78 is 42.5. The minimum Gasteiger partial charge on any atom is -0.339 e. The summed E-state index contributed by atoms with van der Waals surface area (Å²) in [7, 11) is 1.84. The Labute approximate surface area is 120 Å². The summed E-state index contributed by atoms with van der Waals surface area (Å²) in [6.45, 7) is 1.99. The van der Waals surface area contributed by atoms with E-state index in [2.05, 4.69) is 15.5 Å². The van der Waals surface area contributed by atoms with Crippen LogP contribution in [0.3, 0.4) is 0 Å². The fourth-order valence-corrected chi connectivity index (χ4v) is 1.81. The van der Waals surface area contributed by atoms with Gasteiger partial charge in [-0.05, 0) is 31.7 Å². The van der Waals surface area contributed by atoms with Crippen LogP contribution in [0.25, 0.3) is 0 Å². The normalized spacial score (nSPS) is 13.4. The number of aromatic nitrogens is 2. The van der Waals surface area contributed by atoms with Crippen LogP contribution < -0.4 is 5.32 Å². The van der Waals surface area contributed by atoms with E-state index in [0.717, 1.165) is 12.1 Å². The van der Waals surface area contributed by atoms with Gasteiger partial charge in [-0.25, -0.2) is 0 Å². The summed E-state index contributed by atoms with van der Waals surface area (Å²) in [5, 5.41) is 6.92. The first-order valence-electron chi connectivity index (χ1n) is 6.53. The molecular weight excluding hydrogens is 283 g/mol. The summed E-state index contributed by atoms with van der Waals surface area (Å²) in [4.78, 5) is 4.22. The Morgan fingerprint density at radius 1 is 1.24 bits per heavy atom. The van der Waals surface area contributed by atoms with Crippen LogP contribution in [0.1, 0.15) is 29.8 Å². The van der Waals surface area contributed by atoms with Crippen molar-refractivity contribution in [3.63, 3.8) is 0 Å². The number of nitrogens with zero attached hydrogens (tertiary/aromatic N) is 2. The highest BCUT2D eigenvalue weighted by molar-refractivity contribution is 5.26. The Bertz CT molecular complexity index is 578. The fraction of sp³-hybridized carbons (Fsp3) is 0.429. The van der Waals surface area contributed by atoms with Crippen LogP contribution in [0.2, 0.25) is 0 Å². The fourth-order valence-electron chi connectivity index (χ4n) is 1.81. The zero-order valence-corrected chi connectivity index (χ0v) is 11.7. The molecule has 0 spiro atoms. The smallest absolute Gasteiger partial charge is 0.339 e. The van der Waals surface area contributed by atoms with Gasteiger partial charge in [-0.15, -0.1) is 0 Å². The Balaban J connectivity index is 2.02. The molecule has 1 heterocycles. The molecule has 2 aromatic rings. The first-order valence-corrected chi connectivity index (χ1v) is 6.53. The van der Waals surface area contributed by atoms with Crippen molar-refractivity contribution in [2.75, 3.05) is 7.05 Å². The molecule has 1 atom stereocenters. The van der Waals surface area contributed by atoms with Crippen molar-refractivity contribution in [2.45, 2.75) is 32.0 Å². The molecule has 2 rings (SSSR count). The van der Waals surface area contributed by atoms with Crippen molar-refractivity contribution >= 4 is 0 Å². The quantitative estimate of drug-likeness (QED) is 0.922. The van der Waals surface area contributed by atoms with Gasteiger partial charge in [-0.2, -0.15) is 18.2 Å². The van der Waals surface area contributed by atoms with E-state index in [0.29, 0.717) is 30.1 Å². The second-order valence-electron chi connectivity index (χ2n) is 4.87. The van der Waals surface area contributed by atoms with Gasteiger partial charge < -0.3 is 9.84 Å². The molecular formula is C14H16F3N3O. The van der Waals surface area contributed by atoms with E-state index in [4.69, 9.17) is 4.52 Å². The predicted molar refractivity (Wildman–Crippen MR) is 70.8 cm³/mol. The van der Waals surface area contributed by atoms with Crippen LogP contribution in [-0.4, -0.2) is 23.2 Å². The number of hydrogen-bond donors (Lipinski definition) is 1. The number of likely N-dealkylation sites (N-methyl/N-ethyl adjacent to an activating group) is 1. The van der Waals surface area contributed by atoms with Crippen molar-refractivity contribution in [3.05, 3.63) is 47.1 Å². The molecule has 0 amide bonds. The van der Waals surface area contributed by atoms with E-state index in [1.165, 1.54) is 12.1 Å².